The first-order valence-corrected chi connectivity index (χ1v) is 8.33. The molecule has 2 unspecified atom stereocenters. The van der Waals surface area contributed by atoms with E-state index in [0.717, 1.165) is 22.6 Å². The summed E-state index contributed by atoms with van der Waals surface area (Å²) in [5.41, 5.74) is 7.88. The standard InChI is InChI=1S/C20H26N2O3/c1-14(21)12-20(23)22-19(16-6-10-18(25-3)11-7-16)13-15-4-8-17(24-2)9-5-15/h4-11,14,19H,12-13,21H2,1-3H3,(H,22,23). The Morgan fingerprint density at radius 1 is 1.00 bits per heavy atom. The van der Waals surface area contributed by atoms with E-state index in [4.69, 9.17) is 15.2 Å². The molecule has 3 N–H and O–H groups in total. The normalized spacial score (nSPS) is 13.0. The maximum atomic E-state index is 12.2. The van der Waals surface area contributed by atoms with Crippen LogP contribution in [0.15, 0.2) is 48.5 Å². The van der Waals surface area contributed by atoms with E-state index in [1.807, 2.05) is 55.5 Å². The molecule has 134 valence electrons. The van der Waals surface area contributed by atoms with Crippen molar-refractivity contribution in [3.05, 3.63) is 59.7 Å². The highest BCUT2D eigenvalue weighted by Crippen LogP contribution is 2.23. The van der Waals surface area contributed by atoms with Crippen LogP contribution in [0.25, 0.3) is 0 Å². The Bertz CT molecular complexity index is 666. The number of hydrogen-bond donors (Lipinski definition) is 2. The smallest absolute Gasteiger partial charge is 0.222 e. The summed E-state index contributed by atoms with van der Waals surface area (Å²) in [6.07, 6.45) is 0.982. The minimum absolute atomic E-state index is 0.0515. The van der Waals surface area contributed by atoms with Gasteiger partial charge in [0.25, 0.3) is 0 Å². The lowest BCUT2D eigenvalue weighted by Gasteiger charge is -2.20. The number of nitrogens with two attached hydrogens (primary N) is 1. The van der Waals surface area contributed by atoms with Gasteiger partial charge in [0.15, 0.2) is 0 Å². The molecule has 0 aliphatic carbocycles. The van der Waals surface area contributed by atoms with E-state index in [1.54, 1.807) is 14.2 Å². The van der Waals surface area contributed by atoms with Crippen LogP contribution in [0.4, 0.5) is 0 Å². The van der Waals surface area contributed by atoms with Gasteiger partial charge in [-0.2, -0.15) is 0 Å². The van der Waals surface area contributed by atoms with Crippen molar-refractivity contribution in [3.8, 4) is 11.5 Å². The van der Waals surface area contributed by atoms with Crippen molar-refractivity contribution >= 4 is 5.91 Å². The Balaban J connectivity index is 2.18. The zero-order chi connectivity index (χ0) is 18.2. The van der Waals surface area contributed by atoms with Gasteiger partial charge in [-0.15, -0.1) is 0 Å². The van der Waals surface area contributed by atoms with Gasteiger partial charge in [-0.25, -0.2) is 0 Å². The lowest BCUT2D eigenvalue weighted by molar-refractivity contribution is -0.122. The summed E-state index contributed by atoms with van der Waals surface area (Å²) in [6.45, 7) is 1.82. The molecule has 0 radical (unpaired) electrons. The second-order valence-corrected chi connectivity index (χ2v) is 6.13. The van der Waals surface area contributed by atoms with Crippen molar-refractivity contribution in [1.82, 2.24) is 5.32 Å². The van der Waals surface area contributed by atoms with Crippen LogP contribution in [0.3, 0.4) is 0 Å². The number of amides is 1. The van der Waals surface area contributed by atoms with Crippen molar-refractivity contribution in [1.29, 1.82) is 0 Å². The van der Waals surface area contributed by atoms with E-state index in [1.165, 1.54) is 0 Å². The minimum atomic E-state index is -0.169. The highest BCUT2D eigenvalue weighted by atomic mass is 16.5. The van der Waals surface area contributed by atoms with E-state index in [2.05, 4.69) is 5.32 Å². The van der Waals surface area contributed by atoms with Crippen LogP contribution in [0.5, 0.6) is 11.5 Å². The predicted octanol–water partition coefficient (Wildman–Crippen LogP) is 2.84. The highest BCUT2D eigenvalue weighted by molar-refractivity contribution is 5.77. The Kier molecular flexibility index (Phi) is 6.83. The maximum Gasteiger partial charge on any atom is 0.222 e. The molecule has 0 aromatic heterocycles. The fourth-order valence-corrected chi connectivity index (χ4v) is 2.63. The van der Waals surface area contributed by atoms with Crippen LogP contribution >= 0.6 is 0 Å². The summed E-state index contributed by atoms with van der Waals surface area (Å²) in [7, 11) is 3.28. The molecular weight excluding hydrogens is 316 g/mol. The number of carbonyl (C=O) groups is 1. The van der Waals surface area contributed by atoms with Gasteiger partial charge < -0.3 is 20.5 Å². The van der Waals surface area contributed by atoms with E-state index >= 15 is 0 Å². The van der Waals surface area contributed by atoms with Gasteiger partial charge in [0.1, 0.15) is 11.5 Å². The Labute approximate surface area is 149 Å². The van der Waals surface area contributed by atoms with Crippen molar-refractivity contribution < 1.29 is 14.3 Å². The number of nitrogens with one attached hydrogen (secondary N) is 1. The molecule has 0 saturated heterocycles. The van der Waals surface area contributed by atoms with Gasteiger partial charge in [-0.05, 0) is 48.7 Å². The second kappa shape index (κ2) is 9.08. The number of benzene rings is 2. The number of hydrogen-bond acceptors (Lipinski definition) is 4. The van der Waals surface area contributed by atoms with Crippen LogP contribution < -0.4 is 20.5 Å². The van der Waals surface area contributed by atoms with Gasteiger partial charge in [0.05, 0.1) is 20.3 Å². The number of rotatable bonds is 8. The first-order valence-electron chi connectivity index (χ1n) is 8.33. The first-order chi connectivity index (χ1) is 12.0. The third-order valence-electron chi connectivity index (χ3n) is 3.96. The topological polar surface area (TPSA) is 73.6 Å². The molecule has 0 aliphatic heterocycles. The molecule has 5 heteroatoms. The van der Waals surface area contributed by atoms with Crippen LogP contribution in [0.1, 0.15) is 30.5 Å². The molecule has 0 heterocycles. The number of methoxy groups -OCH3 is 2. The van der Waals surface area contributed by atoms with Crippen molar-refractivity contribution in [2.45, 2.75) is 31.8 Å². The van der Waals surface area contributed by atoms with E-state index in [0.29, 0.717) is 12.8 Å². The Morgan fingerprint density at radius 3 is 2.00 bits per heavy atom. The fourth-order valence-electron chi connectivity index (χ4n) is 2.63. The van der Waals surface area contributed by atoms with Crippen LogP contribution in [0.2, 0.25) is 0 Å². The molecule has 2 atom stereocenters. The molecule has 0 aliphatic rings. The van der Waals surface area contributed by atoms with Gasteiger partial charge in [0, 0.05) is 12.5 Å². The maximum absolute atomic E-state index is 12.2. The van der Waals surface area contributed by atoms with Crippen LogP contribution in [-0.2, 0) is 11.2 Å². The molecule has 2 rings (SSSR count). The summed E-state index contributed by atoms with van der Waals surface area (Å²) >= 11 is 0. The van der Waals surface area contributed by atoms with Gasteiger partial charge in [0.2, 0.25) is 5.91 Å². The monoisotopic (exact) mass is 342 g/mol. The molecule has 0 spiro atoms. The molecule has 0 saturated carbocycles. The SMILES string of the molecule is COc1ccc(CC(NC(=O)CC(C)N)c2ccc(OC)cc2)cc1. The Hall–Kier alpha value is -2.53. The highest BCUT2D eigenvalue weighted by Gasteiger charge is 2.16. The lowest BCUT2D eigenvalue weighted by atomic mass is 9.98. The average molecular weight is 342 g/mol. The molecular formula is C20H26N2O3. The summed E-state index contributed by atoms with van der Waals surface area (Å²) < 4.78 is 10.4. The third-order valence-corrected chi connectivity index (χ3v) is 3.96. The van der Waals surface area contributed by atoms with E-state index < -0.39 is 0 Å². The molecule has 2 aromatic carbocycles. The molecule has 2 aromatic rings. The average Bonchev–Trinajstić information content (AvgIpc) is 2.61. The van der Waals surface area contributed by atoms with Crippen LogP contribution in [-0.4, -0.2) is 26.2 Å². The third kappa shape index (κ3) is 5.80. The molecule has 0 bridgehead atoms. The predicted molar refractivity (Wildman–Crippen MR) is 98.8 cm³/mol. The zero-order valence-corrected chi connectivity index (χ0v) is 15.0. The Morgan fingerprint density at radius 2 is 1.52 bits per heavy atom. The van der Waals surface area contributed by atoms with Gasteiger partial charge in [-0.3, -0.25) is 4.79 Å². The lowest BCUT2D eigenvalue weighted by Crippen LogP contribution is -2.33. The summed E-state index contributed by atoms with van der Waals surface area (Å²) in [5, 5.41) is 3.09. The number of carbonyl (C=O) groups excluding carboxylic acids is 1. The van der Waals surface area contributed by atoms with E-state index in [9.17, 15) is 4.79 Å². The van der Waals surface area contributed by atoms with Crippen molar-refractivity contribution in [3.63, 3.8) is 0 Å². The molecule has 0 fully saturated rings. The molecule has 25 heavy (non-hydrogen) atoms. The number of ether oxygens (including phenoxy) is 2. The van der Waals surface area contributed by atoms with Gasteiger partial charge >= 0.3 is 0 Å². The zero-order valence-electron chi connectivity index (χ0n) is 15.0. The van der Waals surface area contributed by atoms with E-state index in [-0.39, 0.29) is 18.0 Å². The van der Waals surface area contributed by atoms with Crippen LogP contribution in [0, 0.1) is 0 Å². The quantitative estimate of drug-likeness (QED) is 0.774. The largest absolute Gasteiger partial charge is 0.497 e. The molecule has 1 amide bonds. The summed E-state index contributed by atoms with van der Waals surface area (Å²) in [4.78, 5) is 12.2. The van der Waals surface area contributed by atoms with Gasteiger partial charge in [-0.1, -0.05) is 24.3 Å². The summed E-state index contributed by atoms with van der Waals surface area (Å²) in [6, 6.07) is 15.3. The second-order valence-electron chi connectivity index (χ2n) is 6.13. The minimum Gasteiger partial charge on any atom is -0.497 e. The fraction of sp³-hybridized carbons (Fsp3) is 0.350. The van der Waals surface area contributed by atoms with Crippen molar-refractivity contribution in [2.75, 3.05) is 14.2 Å². The summed E-state index contributed by atoms with van der Waals surface area (Å²) in [5.74, 6) is 1.55. The molecule has 5 nitrogen and oxygen atoms in total. The van der Waals surface area contributed by atoms with Crippen molar-refractivity contribution in [2.24, 2.45) is 5.73 Å². The first kappa shape index (κ1) is 18.8.